The van der Waals surface area contributed by atoms with Crippen molar-refractivity contribution in [1.82, 2.24) is 10.6 Å². The van der Waals surface area contributed by atoms with E-state index < -0.39 is 0 Å². The molecule has 1 amide bonds. The second-order valence-corrected chi connectivity index (χ2v) is 3.47. The number of morpholine rings is 1. The Morgan fingerprint density at radius 2 is 2.47 bits per heavy atom. The molecule has 2 N–H and O–H groups in total. The number of unbranched alkanes of at least 4 members (excludes halogenated alkanes) is 2. The molecule has 1 aliphatic rings. The van der Waals surface area contributed by atoms with E-state index in [9.17, 15) is 4.79 Å². The lowest BCUT2D eigenvalue weighted by molar-refractivity contribution is -0.134. The number of carbonyl (C=O) groups excluding carboxylic acids is 1. The van der Waals surface area contributed by atoms with Gasteiger partial charge in [0.25, 0.3) is 0 Å². The molecule has 15 heavy (non-hydrogen) atoms. The number of amides is 1. The highest BCUT2D eigenvalue weighted by molar-refractivity contribution is 5.81. The Hall–Kier alpha value is -1.12. The van der Waals surface area contributed by atoms with Gasteiger partial charge in [-0.15, -0.1) is 0 Å². The lowest BCUT2D eigenvalue weighted by Crippen LogP contribution is -2.48. The van der Waals surface area contributed by atoms with Crippen LogP contribution in [0.15, 0.2) is 0 Å². The number of rotatable bonds is 5. The second kappa shape index (κ2) is 7.21. The summed E-state index contributed by atoms with van der Waals surface area (Å²) in [7, 11) is 0. The fourth-order valence-corrected chi connectivity index (χ4v) is 1.39. The highest BCUT2D eigenvalue weighted by atomic mass is 16.5. The van der Waals surface area contributed by atoms with E-state index in [0.717, 1.165) is 19.4 Å². The van der Waals surface area contributed by atoms with Crippen LogP contribution in [0.4, 0.5) is 0 Å². The quantitative estimate of drug-likeness (QED) is 0.617. The van der Waals surface area contributed by atoms with Gasteiger partial charge in [-0.25, -0.2) is 0 Å². The molecule has 84 valence electrons. The minimum absolute atomic E-state index is 0.0563. The summed E-state index contributed by atoms with van der Waals surface area (Å²) in [6, 6.07) is 2.07. The Morgan fingerprint density at radius 3 is 3.13 bits per heavy atom. The molecule has 5 heteroatoms. The maximum absolute atomic E-state index is 11.5. The highest BCUT2D eigenvalue weighted by Crippen LogP contribution is 1.97. The standard InChI is InChI=1S/C10H17N3O2/c11-4-2-1-3-5-13-10(14)9-8-12-6-7-15-9/h9,12H,1-3,5-8H2,(H,13,14). The Labute approximate surface area is 89.8 Å². The summed E-state index contributed by atoms with van der Waals surface area (Å²) in [5.41, 5.74) is 0. The predicted molar refractivity (Wildman–Crippen MR) is 55.1 cm³/mol. The predicted octanol–water partition coefficient (Wildman–Crippen LogP) is -0.215. The largest absolute Gasteiger partial charge is 0.366 e. The Balaban J connectivity index is 2.05. The third-order valence-electron chi connectivity index (χ3n) is 2.23. The molecule has 1 aliphatic heterocycles. The fourth-order valence-electron chi connectivity index (χ4n) is 1.39. The molecule has 1 rings (SSSR count). The average molecular weight is 211 g/mol. The summed E-state index contributed by atoms with van der Waals surface area (Å²) in [5.74, 6) is -0.0563. The Bertz CT molecular complexity index is 231. The first-order valence-electron chi connectivity index (χ1n) is 5.31. The third-order valence-corrected chi connectivity index (χ3v) is 2.23. The monoisotopic (exact) mass is 211 g/mol. The minimum Gasteiger partial charge on any atom is -0.366 e. The topological polar surface area (TPSA) is 74.2 Å². The van der Waals surface area contributed by atoms with Crippen molar-refractivity contribution in [2.75, 3.05) is 26.2 Å². The van der Waals surface area contributed by atoms with Crippen LogP contribution in [0.2, 0.25) is 0 Å². The van der Waals surface area contributed by atoms with Crippen LogP contribution in [0.3, 0.4) is 0 Å². The molecule has 0 aromatic carbocycles. The van der Waals surface area contributed by atoms with Crippen LogP contribution in [0, 0.1) is 11.3 Å². The first-order valence-corrected chi connectivity index (χ1v) is 5.31. The van der Waals surface area contributed by atoms with Crippen molar-refractivity contribution in [1.29, 1.82) is 5.26 Å². The van der Waals surface area contributed by atoms with Gasteiger partial charge in [-0.1, -0.05) is 0 Å². The van der Waals surface area contributed by atoms with E-state index in [0.29, 0.717) is 26.1 Å². The number of nitrogens with one attached hydrogen (secondary N) is 2. The summed E-state index contributed by atoms with van der Waals surface area (Å²) in [5, 5.41) is 14.2. The number of carbonyl (C=O) groups is 1. The van der Waals surface area contributed by atoms with Gasteiger partial charge in [-0.3, -0.25) is 4.79 Å². The van der Waals surface area contributed by atoms with Crippen LogP contribution in [0.1, 0.15) is 19.3 Å². The molecule has 0 spiro atoms. The van der Waals surface area contributed by atoms with Crippen molar-refractivity contribution >= 4 is 5.91 Å². The van der Waals surface area contributed by atoms with Crippen molar-refractivity contribution < 1.29 is 9.53 Å². The van der Waals surface area contributed by atoms with Crippen LogP contribution >= 0.6 is 0 Å². The number of hydrogen-bond donors (Lipinski definition) is 2. The van der Waals surface area contributed by atoms with Gasteiger partial charge in [-0.05, 0) is 12.8 Å². The van der Waals surface area contributed by atoms with Crippen molar-refractivity contribution in [3.05, 3.63) is 0 Å². The summed E-state index contributed by atoms with van der Waals surface area (Å²) in [6.45, 7) is 2.61. The first-order chi connectivity index (χ1) is 7.34. The zero-order chi connectivity index (χ0) is 10.9. The zero-order valence-electron chi connectivity index (χ0n) is 8.79. The van der Waals surface area contributed by atoms with Gasteiger partial charge >= 0.3 is 0 Å². The van der Waals surface area contributed by atoms with Crippen LogP contribution in [-0.4, -0.2) is 38.3 Å². The van der Waals surface area contributed by atoms with Crippen molar-refractivity contribution in [3.63, 3.8) is 0 Å². The van der Waals surface area contributed by atoms with E-state index in [1.807, 2.05) is 0 Å². The van der Waals surface area contributed by atoms with E-state index in [1.165, 1.54) is 0 Å². The number of hydrogen-bond acceptors (Lipinski definition) is 4. The molecule has 1 saturated heterocycles. The first kappa shape index (κ1) is 12.0. The maximum Gasteiger partial charge on any atom is 0.250 e. The average Bonchev–Trinajstić information content (AvgIpc) is 2.30. The van der Waals surface area contributed by atoms with Gasteiger partial charge in [0.1, 0.15) is 6.10 Å². The van der Waals surface area contributed by atoms with Crippen LogP contribution in [0.5, 0.6) is 0 Å². The molecule has 0 aliphatic carbocycles. The molecule has 1 atom stereocenters. The lowest BCUT2D eigenvalue weighted by Gasteiger charge is -2.22. The van der Waals surface area contributed by atoms with E-state index in [1.54, 1.807) is 0 Å². The lowest BCUT2D eigenvalue weighted by atomic mass is 10.2. The molecule has 1 unspecified atom stereocenters. The summed E-state index contributed by atoms with van der Waals surface area (Å²) < 4.78 is 5.29. The number of nitrogens with zero attached hydrogens (tertiary/aromatic N) is 1. The van der Waals surface area contributed by atoms with E-state index in [2.05, 4.69) is 16.7 Å². The molecule has 0 aromatic heterocycles. The number of nitriles is 1. The second-order valence-electron chi connectivity index (χ2n) is 3.47. The Kier molecular flexibility index (Phi) is 5.74. The van der Waals surface area contributed by atoms with Gasteiger partial charge in [0.15, 0.2) is 0 Å². The van der Waals surface area contributed by atoms with Gasteiger partial charge < -0.3 is 15.4 Å². The van der Waals surface area contributed by atoms with E-state index >= 15 is 0 Å². The van der Waals surface area contributed by atoms with E-state index in [-0.39, 0.29) is 12.0 Å². The van der Waals surface area contributed by atoms with Crippen LogP contribution in [0.25, 0.3) is 0 Å². The number of ether oxygens (including phenoxy) is 1. The normalized spacial score (nSPS) is 20.6. The minimum atomic E-state index is -0.352. The highest BCUT2D eigenvalue weighted by Gasteiger charge is 2.20. The third kappa shape index (κ3) is 4.77. The van der Waals surface area contributed by atoms with Gasteiger partial charge in [0.2, 0.25) is 5.91 Å². The van der Waals surface area contributed by atoms with Crippen molar-refractivity contribution in [3.8, 4) is 6.07 Å². The molecule has 0 saturated carbocycles. The van der Waals surface area contributed by atoms with Gasteiger partial charge in [-0.2, -0.15) is 5.26 Å². The molecule has 1 fully saturated rings. The summed E-state index contributed by atoms with van der Waals surface area (Å²) in [6.07, 6.45) is 1.88. The molecular weight excluding hydrogens is 194 g/mol. The van der Waals surface area contributed by atoms with Crippen LogP contribution in [-0.2, 0) is 9.53 Å². The molecular formula is C10H17N3O2. The van der Waals surface area contributed by atoms with E-state index in [4.69, 9.17) is 10.00 Å². The molecule has 0 radical (unpaired) electrons. The van der Waals surface area contributed by atoms with Crippen molar-refractivity contribution in [2.24, 2.45) is 0 Å². The molecule has 0 bridgehead atoms. The van der Waals surface area contributed by atoms with Crippen molar-refractivity contribution in [2.45, 2.75) is 25.4 Å². The maximum atomic E-state index is 11.5. The Morgan fingerprint density at radius 1 is 1.60 bits per heavy atom. The fraction of sp³-hybridized carbons (Fsp3) is 0.800. The smallest absolute Gasteiger partial charge is 0.250 e. The van der Waals surface area contributed by atoms with Gasteiger partial charge in [0.05, 0.1) is 12.7 Å². The molecule has 0 aromatic rings. The SMILES string of the molecule is N#CCCCCNC(=O)C1CNCCO1. The van der Waals surface area contributed by atoms with Gasteiger partial charge in [0, 0.05) is 26.1 Å². The zero-order valence-corrected chi connectivity index (χ0v) is 8.79. The summed E-state index contributed by atoms with van der Waals surface area (Å²) in [4.78, 5) is 11.5. The van der Waals surface area contributed by atoms with Crippen LogP contribution < -0.4 is 10.6 Å². The summed E-state index contributed by atoms with van der Waals surface area (Å²) >= 11 is 0. The molecule has 5 nitrogen and oxygen atoms in total. The molecule has 1 heterocycles.